The first-order chi connectivity index (χ1) is 11.8. The van der Waals surface area contributed by atoms with Crippen LogP contribution in [0.5, 0.6) is 5.75 Å². The highest BCUT2D eigenvalue weighted by atomic mass is 79.9. The van der Waals surface area contributed by atoms with Crippen LogP contribution in [0.2, 0.25) is 0 Å². The first-order valence-corrected chi connectivity index (χ1v) is 11.0. The van der Waals surface area contributed by atoms with Gasteiger partial charge < -0.3 is 9.29 Å². The third kappa shape index (κ3) is 6.61. The van der Waals surface area contributed by atoms with Gasteiger partial charge in [-0.15, -0.1) is 0 Å². The lowest BCUT2D eigenvalue weighted by Crippen LogP contribution is -2.26. The van der Waals surface area contributed by atoms with Gasteiger partial charge in [0.2, 0.25) is 0 Å². The Hall–Kier alpha value is -0.520. The van der Waals surface area contributed by atoms with E-state index in [1.807, 2.05) is 39.1 Å². The average molecular weight is 428 g/mol. The molecule has 1 aliphatic carbocycles. The molecule has 0 aliphatic heterocycles. The molecule has 0 radical (unpaired) electrons. The highest BCUT2D eigenvalue weighted by Crippen LogP contribution is 2.32. The van der Waals surface area contributed by atoms with Crippen molar-refractivity contribution in [2.24, 2.45) is 10.3 Å². The summed E-state index contributed by atoms with van der Waals surface area (Å²) in [6, 6.07) is 6.13. The number of benzene rings is 1. The van der Waals surface area contributed by atoms with Crippen LogP contribution in [0.3, 0.4) is 0 Å². The molecule has 0 saturated heterocycles. The Labute approximate surface area is 164 Å². The van der Waals surface area contributed by atoms with E-state index < -0.39 is 11.4 Å². The zero-order valence-corrected chi connectivity index (χ0v) is 18.2. The van der Waals surface area contributed by atoms with E-state index >= 15 is 0 Å². The molecule has 0 heterocycles. The zero-order valence-electron chi connectivity index (χ0n) is 15.8. The van der Waals surface area contributed by atoms with Crippen molar-refractivity contribution in [1.82, 2.24) is 0 Å². The van der Waals surface area contributed by atoms with Crippen LogP contribution in [-0.2, 0) is 11.4 Å². The summed E-state index contributed by atoms with van der Waals surface area (Å²) in [6.07, 6.45) is 8.86. The maximum absolute atomic E-state index is 11.9. The Kier molecular flexibility index (Phi) is 7.84. The molecule has 1 aromatic rings. The van der Waals surface area contributed by atoms with Crippen molar-refractivity contribution in [3.8, 4) is 5.75 Å². The van der Waals surface area contributed by atoms with Crippen LogP contribution in [-0.4, -0.2) is 21.6 Å². The van der Waals surface area contributed by atoms with E-state index in [-0.39, 0.29) is 4.75 Å². The summed E-state index contributed by atoms with van der Waals surface area (Å²) in [5.74, 6) is 1.73. The summed E-state index contributed by atoms with van der Waals surface area (Å²) in [6.45, 7) is 7.95. The van der Waals surface area contributed by atoms with Crippen LogP contribution < -0.4 is 4.74 Å². The van der Waals surface area contributed by atoms with Gasteiger partial charge in [0.05, 0.1) is 12.3 Å². The quantitative estimate of drug-likeness (QED) is 0.412. The molecule has 0 unspecified atom stereocenters. The van der Waals surface area contributed by atoms with Crippen molar-refractivity contribution in [2.75, 3.05) is 0 Å². The number of nitrogens with zero attached hydrogens (tertiary/aromatic N) is 1. The normalized spacial score (nSPS) is 23.0. The molecule has 0 aromatic heterocycles. The minimum absolute atomic E-state index is 0.267. The van der Waals surface area contributed by atoms with E-state index in [9.17, 15) is 4.55 Å². The van der Waals surface area contributed by atoms with Crippen molar-refractivity contribution < 1.29 is 9.29 Å². The van der Waals surface area contributed by atoms with Gasteiger partial charge in [0.1, 0.15) is 21.9 Å². The fraction of sp³-hybridized carbons (Fsp3) is 0.650. The number of halogens is 1. The maximum atomic E-state index is 11.9. The van der Waals surface area contributed by atoms with Gasteiger partial charge in [-0.1, -0.05) is 26.4 Å². The topological polar surface area (TPSA) is 44.6 Å². The van der Waals surface area contributed by atoms with Gasteiger partial charge in [-0.25, -0.2) is 0 Å². The van der Waals surface area contributed by atoms with Crippen molar-refractivity contribution in [3.63, 3.8) is 0 Å². The molecule has 1 aliphatic rings. The SMILES string of the molecule is Cc1c(Br)cccc1OC1CCC(CC/C=N/[S@@+]([O-])C(C)(C)C)CC1. The van der Waals surface area contributed by atoms with Gasteiger partial charge >= 0.3 is 0 Å². The van der Waals surface area contributed by atoms with E-state index in [0.29, 0.717) is 6.10 Å². The lowest BCUT2D eigenvalue weighted by atomic mass is 9.84. The Bertz CT molecular complexity index is 578. The molecule has 5 heteroatoms. The van der Waals surface area contributed by atoms with Crippen LogP contribution in [0, 0.1) is 12.8 Å². The fourth-order valence-electron chi connectivity index (χ4n) is 3.02. The second kappa shape index (κ2) is 9.43. The standard InChI is InChI=1S/C20H30BrNO2S/c1-15-18(21)8-5-9-19(15)24-17-12-10-16(11-13-17)7-6-14-22-25(23)20(2,3)4/h5,8-9,14,16-17H,6-7,10-13H2,1-4H3/b22-14+/t16?,17?,25-/m0/s1. The third-order valence-corrected chi connectivity index (χ3v) is 6.95. The van der Waals surface area contributed by atoms with Crippen molar-refractivity contribution in [3.05, 3.63) is 28.2 Å². The molecule has 0 N–H and O–H groups in total. The molecule has 0 bridgehead atoms. The summed E-state index contributed by atoms with van der Waals surface area (Å²) < 4.78 is 23.1. The molecule has 0 amide bonds. The Morgan fingerprint density at radius 1 is 1.28 bits per heavy atom. The van der Waals surface area contributed by atoms with Gasteiger partial charge in [0.25, 0.3) is 0 Å². The molecule has 2 rings (SSSR count). The Morgan fingerprint density at radius 2 is 1.96 bits per heavy atom. The zero-order chi connectivity index (χ0) is 18.4. The van der Waals surface area contributed by atoms with Crippen molar-refractivity contribution in [1.29, 1.82) is 0 Å². The third-order valence-electron chi connectivity index (χ3n) is 4.70. The number of rotatable bonds is 6. The van der Waals surface area contributed by atoms with Gasteiger partial charge in [0, 0.05) is 10.0 Å². The second-order valence-corrected chi connectivity index (χ2v) is 10.6. The maximum Gasteiger partial charge on any atom is 0.144 e. The highest BCUT2D eigenvalue weighted by Gasteiger charge is 2.26. The number of hydrogen-bond acceptors (Lipinski definition) is 3. The summed E-state index contributed by atoms with van der Waals surface area (Å²) in [7, 11) is 0. The molecule has 1 atom stereocenters. The van der Waals surface area contributed by atoms with E-state index in [0.717, 1.165) is 41.8 Å². The minimum atomic E-state index is -1.13. The van der Waals surface area contributed by atoms with Gasteiger partial charge in [-0.3, -0.25) is 0 Å². The largest absolute Gasteiger partial charge is 0.591 e. The molecular weight excluding hydrogens is 398 g/mol. The summed E-state index contributed by atoms with van der Waals surface area (Å²) >= 11 is 2.43. The Morgan fingerprint density at radius 3 is 2.60 bits per heavy atom. The summed E-state index contributed by atoms with van der Waals surface area (Å²) in [5, 5.41) is 0. The van der Waals surface area contributed by atoms with Crippen molar-refractivity contribution >= 4 is 33.5 Å². The first-order valence-electron chi connectivity index (χ1n) is 9.13. The number of ether oxygens (including phenoxy) is 1. The van der Waals surface area contributed by atoms with Crippen LogP contribution in [0.25, 0.3) is 0 Å². The lowest BCUT2D eigenvalue weighted by Gasteiger charge is -2.29. The van der Waals surface area contributed by atoms with E-state index in [1.165, 1.54) is 18.4 Å². The minimum Gasteiger partial charge on any atom is -0.591 e. The molecule has 0 spiro atoms. The fourth-order valence-corrected chi connectivity index (χ4v) is 3.93. The number of hydrogen-bond donors (Lipinski definition) is 0. The smallest absolute Gasteiger partial charge is 0.144 e. The first kappa shape index (κ1) is 20.8. The second-order valence-electron chi connectivity index (χ2n) is 7.85. The molecule has 1 saturated carbocycles. The van der Waals surface area contributed by atoms with Gasteiger partial charge in [-0.05, 0) is 84.3 Å². The molecule has 1 aromatic carbocycles. The van der Waals surface area contributed by atoms with Crippen LogP contribution >= 0.6 is 15.9 Å². The Balaban J connectivity index is 1.71. The van der Waals surface area contributed by atoms with Crippen LogP contribution in [0.15, 0.2) is 27.1 Å². The van der Waals surface area contributed by atoms with Crippen molar-refractivity contribution in [2.45, 2.75) is 77.1 Å². The molecule has 1 fully saturated rings. The predicted molar refractivity (Wildman–Crippen MR) is 111 cm³/mol. The molecular formula is C20H30BrNO2S. The molecule has 25 heavy (non-hydrogen) atoms. The van der Waals surface area contributed by atoms with E-state index in [4.69, 9.17) is 4.74 Å². The highest BCUT2D eigenvalue weighted by molar-refractivity contribution is 9.10. The summed E-state index contributed by atoms with van der Waals surface area (Å²) in [4.78, 5) is 0. The predicted octanol–water partition coefficient (Wildman–Crippen LogP) is 6.01. The van der Waals surface area contributed by atoms with E-state index in [2.05, 4.69) is 33.3 Å². The van der Waals surface area contributed by atoms with Crippen LogP contribution in [0.4, 0.5) is 0 Å². The monoisotopic (exact) mass is 427 g/mol. The molecule has 140 valence electrons. The average Bonchev–Trinajstić information content (AvgIpc) is 2.56. The van der Waals surface area contributed by atoms with Gasteiger partial charge in [-0.2, -0.15) is 0 Å². The molecule has 3 nitrogen and oxygen atoms in total. The van der Waals surface area contributed by atoms with E-state index in [1.54, 1.807) is 0 Å². The lowest BCUT2D eigenvalue weighted by molar-refractivity contribution is 0.128. The summed E-state index contributed by atoms with van der Waals surface area (Å²) in [5.41, 5.74) is 1.17. The van der Waals surface area contributed by atoms with Crippen LogP contribution in [0.1, 0.15) is 64.9 Å². The van der Waals surface area contributed by atoms with Gasteiger partial charge in [0.15, 0.2) is 0 Å².